The lowest BCUT2D eigenvalue weighted by Crippen LogP contribution is -2.37. The highest BCUT2D eigenvalue weighted by molar-refractivity contribution is 5.07. The van der Waals surface area contributed by atoms with Gasteiger partial charge in [-0.1, -0.05) is 31.3 Å². The summed E-state index contributed by atoms with van der Waals surface area (Å²) in [7, 11) is 1.77. The molecule has 1 aromatic heterocycles. The van der Waals surface area contributed by atoms with Gasteiger partial charge in [0, 0.05) is 12.5 Å². The summed E-state index contributed by atoms with van der Waals surface area (Å²) in [5, 5.41) is 7.64. The van der Waals surface area contributed by atoms with Crippen molar-refractivity contribution in [3.05, 3.63) is 11.7 Å². The Morgan fingerprint density at radius 3 is 2.62 bits per heavy atom. The second-order valence-corrected chi connectivity index (χ2v) is 6.82. The van der Waals surface area contributed by atoms with Crippen LogP contribution in [0.1, 0.15) is 69.7 Å². The number of nitrogens with zero attached hydrogens (tertiary/aromatic N) is 2. The first-order valence-electron chi connectivity index (χ1n) is 8.30. The predicted molar refractivity (Wildman–Crippen MR) is 80.1 cm³/mol. The van der Waals surface area contributed by atoms with Gasteiger partial charge in [-0.2, -0.15) is 4.98 Å². The topological polar surface area (TPSA) is 60.2 Å². The number of rotatable bonds is 4. The number of hydrogen-bond acceptors (Lipinski definition) is 5. The monoisotopic (exact) mass is 293 g/mol. The van der Waals surface area contributed by atoms with Crippen LogP contribution in [0.3, 0.4) is 0 Å². The largest absolute Gasteiger partial charge is 0.373 e. The van der Waals surface area contributed by atoms with Crippen molar-refractivity contribution in [1.29, 1.82) is 0 Å². The molecule has 118 valence electrons. The van der Waals surface area contributed by atoms with Crippen molar-refractivity contribution < 1.29 is 9.26 Å². The molecule has 21 heavy (non-hydrogen) atoms. The second-order valence-electron chi connectivity index (χ2n) is 6.82. The van der Waals surface area contributed by atoms with Gasteiger partial charge in [-0.15, -0.1) is 0 Å². The van der Waals surface area contributed by atoms with Crippen molar-refractivity contribution in [2.75, 3.05) is 20.2 Å². The molecule has 1 saturated carbocycles. The fraction of sp³-hybridized carbons (Fsp3) is 0.875. The van der Waals surface area contributed by atoms with Gasteiger partial charge in [-0.3, -0.25) is 0 Å². The number of aromatic nitrogens is 2. The number of methoxy groups -OCH3 is 1. The quantitative estimate of drug-likeness (QED) is 0.924. The first kappa shape index (κ1) is 15.0. The Balaban J connectivity index is 1.76. The lowest BCUT2D eigenvalue weighted by atomic mass is 9.81. The normalized spacial score (nSPS) is 24.9. The van der Waals surface area contributed by atoms with E-state index in [0.717, 1.165) is 37.6 Å². The van der Waals surface area contributed by atoms with Gasteiger partial charge in [0.15, 0.2) is 0 Å². The number of piperidine rings is 1. The molecule has 2 fully saturated rings. The average Bonchev–Trinajstić information content (AvgIpc) is 3.00. The van der Waals surface area contributed by atoms with E-state index in [0.29, 0.717) is 5.92 Å². The van der Waals surface area contributed by atoms with E-state index in [9.17, 15) is 0 Å². The van der Waals surface area contributed by atoms with E-state index >= 15 is 0 Å². The van der Waals surface area contributed by atoms with Crippen LogP contribution in [0, 0.1) is 5.92 Å². The molecule has 0 aromatic carbocycles. The molecule has 1 aliphatic carbocycles. The minimum Gasteiger partial charge on any atom is -0.373 e. The summed E-state index contributed by atoms with van der Waals surface area (Å²) in [4.78, 5) is 4.72. The molecule has 1 atom stereocenters. The van der Waals surface area contributed by atoms with E-state index < -0.39 is 0 Å². The summed E-state index contributed by atoms with van der Waals surface area (Å²) in [6.45, 7) is 4.27. The van der Waals surface area contributed by atoms with E-state index in [1.807, 2.05) is 0 Å². The van der Waals surface area contributed by atoms with E-state index in [-0.39, 0.29) is 11.5 Å². The van der Waals surface area contributed by atoms with Gasteiger partial charge >= 0.3 is 0 Å². The molecule has 0 bridgehead atoms. The van der Waals surface area contributed by atoms with Gasteiger partial charge in [-0.25, -0.2) is 0 Å². The third kappa shape index (κ3) is 3.14. The molecule has 2 heterocycles. The van der Waals surface area contributed by atoms with Gasteiger partial charge < -0.3 is 14.6 Å². The maximum absolute atomic E-state index is 5.71. The fourth-order valence-corrected chi connectivity index (χ4v) is 3.73. The molecule has 3 rings (SSSR count). The number of nitrogens with one attached hydrogen (secondary N) is 1. The van der Waals surface area contributed by atoms with Gasteiger partial charge in [0.25, 0.3) is 0 Å². The molecular weight excluding hydrogens is 266 g/mol. The lowest BCUT2D eigenvalue weighted by Gasteiger charge is -2.30. The van der Waals surface area contributed by atoms with Crippen LogP contribution in [-0.2, 0) is 10.2 Å². The molecule has 1 aromatic rings. The molecule has 0 spiro atoms. The summed E-state index contributed by atoms with van der Waals surface area (Å²) in [5.41, 5.74) is 0.0152. The molecule has 1 N–H and O–H groups in total. The predicted octanol–water partition coefficient (Wildman–Crippen LogP) is 2.98. The van der Waals surface area contributed by atoms with Gasteiger partial charge in [0.2, 0.25) is 11.7 Å². The fourth-order valence-electron chi connectivity index (χ4n) is 3.73. The van der Waals surface area contributed by atoms with E-state index in [1.165, 1.54) is 32.1 Å². The molecule has 0 amide bonds. The summed E-state index contributed by atoms with van der Waals surface area (Å²) < 4.78 is 11.3. The maximum Gasteiger partial charge on any atom is 0.232 e. The van der Waals surface area contributed by atoms with Crippen molar-refractivity contribution in [1.82, 2.24) is 15.5 Å². The summed E-state index contributed by atoms with van der Waals surface area (Å²) in [5.74, 6) is 2.08. The highest BCUT2D eigenvalue weighted by Crippen LogP contribution is 2.37. The zero-order valence-corrected chi connectivity index (χ0v) is 13.2. The molecule has 5 heteroatoms. The van der Waals surface area contributed by atoms with Crippen LogP contribution in [0.25, 0.3) is 0 Å². The van der Waals surface area contributed by atoms with E-state index in [2.05, 4.69) is 17.4 Å². The molecule has 0 radical (unpaired) electrons. The molecule has 1 unspecified atom stereocenters. The minimum absolute atomic E-state index is 0.00637. The summed E-state index contributed by atoms with van der Waals surface area (Å²) >= 11 is 0. The van der Waals surface area contributed by atoms with Crippen molar-refractivity contribution in [3.63, 3.8) is 0 Å². The van der Waals surface area contributed by atoms with Crippen LogP contribution in [0.2, 0.25) is 0 Å². The Bertz CT molecular complexity index is 448. The zero-order valence-electron chi connectivity index (χ0n) is 13.2. The standard InChI is InChI=1S/C16H27N3O2/c1-16(8-10-17-11-9-16)15-18-14(19-21-15)13(20-2)12-6-4-3-5-7-12/h12-13,17H,3-11H2,1-2H3. The van der Waals surface area contributed by atoms with Crippen molar-refractivity contribution in [3.8, 4) is 0 Å². The van der Waals surface area contributed by atoms with Crippen molar-refractivity contribution in [2.24, 2.45) is 5.92 Å². The van der Waals surface area contributed by atoms with Crippen molar-refractivity contribution >= 4 is 0 Å². The number of hydrogen-bond donors (Lipinski definition) is 1. The van der Waals surface area contributed by atoms with Crippen LogP contribution >= 0.6 is 0 Å². The minimum atomic E-state index is -0.00637. The van der Waals surface area contributed by atoms with Gasteiger partial charge in [0.1, 0.15) is 6.10 Å². The van der Waals surface area contributed by atoms with Crippen LogP contribution in [0.15, 0.2) is 4.52 Å². The Morgan fingerprint density at radius 2 is 1.95 bits per heavy atom. The Hall–Kier alpha value is -0.940. The zero-order chi connectivity index (χ0) is 14.7. The lowest BCUT2D eigenvalue weighted by molar-refractivity contribution is 0.0273. The highest BCUT2D eigenvalue weighted by Gasteiger charge is 2.36. The molecule has 5 nitrogen and oxygen atoms in total. The van der Waals surface area contributed by atoms with E-state index in [1.54, 1.807) is 7.11 Å². The van der Waals surface area contributed by atoms with E-state index in [4.69, 9.17) is 14.2 Å². The Labute approximate surface area is 126 Å². The van der Waals surface area contributed by atoms with Crippen LogP contribution < -0.4 is 5.32 Å². The number of ether oxygens (including phenoxy) is 1. The highest BCUT2D eigenvalue weighted by atomic mass is 16.5. The second kappa shape index (κ2) is 6.44. The molecule has 2 aliphatic rings. The van der Waals surface area contributed by atoms with Crippen LogP contribution in [0.4, 0.5) is 0 Å². The smallest absolute Gasteiger partial charge is 0.232 e. The molecular formula is C16H27N3O2. The Morgan fingerprint density at radius 1 is 1.24 bits per heavy atom. The first-order valence-corrected chi connectivity index (χ1v) is 8.30. The van der Waals surface area contributed by atoms with Crippen molar-refractivity contribution in [2.45, 2.75) is 63.4 Å². The first-order chi connectivity index (χ1) is 10.2. The molecule has 1 aliphatic heterocycles. The van der Waals surface area contributed by atoms with Gasteiger partial charge in [0.05, 0.1) is 0 Å². The average molecular weight is 293 g/mol. The maximum atomic E-state index is 5.71. The van der Waals surface area contributed by atoms with Gasteiger partial charge in [-0.05, 0) is 44.7 Å². The molecule has 1 saturated heterocycles. The third-order valence-corrected chi connectivity index (χ3v) is 5.25. The Kier molecular flexibility index (Phi) is 4.60. The van der Waals surface area contributed by atoms with Crippen LogP contribution in [-0.4, -0.2) is 30.3 Å². The third-order valence-electron chi connectivity index (χ3n) is 5.25. The SMILES string of the molecule is COC(c1noc(C2(C)CCNCC2)n1)C1CCCCC1. The summed E-state index contributed by atoms with van der Waals surface area (Å²) in [6.07, 6.45) is 8.44. The van der Waals surface area contributed by atoms with Crippen LogP contribution in [0.5, 0.6) is 0 Å². The summed E-state index contributed by atoms with van der Waals surface area (Å²) in [6, 6.07) is 0.